The summed E-state index contributed by atoms with van der Waals surface area (Å²) in [6.45, 7) is 4.86. The zero-order chi connectivity index (χ0) is 19.2. The highest BCUT2D eigenvalue weighted by Gasteiger charge is 2.31. The number of nitrogens with one attached hydrogen (secondary N) is 1. The molecule has 5 nitrogen and oxygen atoms in total. The lowest BCUT2D eigenvalue weighted by Crippen LogP contribution is -2.48. The highest BCUT2D eigenvalue weighted by molar-refractivity contribution is 5.93. The third-order valence-electron chi connectivity index (χ3n) is 4.83. The zero-order valence-corrected chi connectivity index (χ0v) is 15.9. The predicted octanol–water partition coefficient (Wildman–Crippen LogP) is 3.64. The van der Waals surface area contributed by atoms with Gasteiger partial charge >= 0.3 is 0 Å². The fraction of sp³-hybridized carbons (Fsp3) is 0.364. The maximum atomic E-state index is 12.8. The minimum absolute atomic E-state index is 0.0363. The first kappa shape index (κ1) is 19.0. The largest absolute Gasteiger partial charge is 0.481 e. The highest BCUT2D eigenvalue weighted by Crippen LogP contribution is 2.21. The van der Waals surface area contributed by atoms with Gasteiger partial charge in [0.2, 0.25) is 5.91 Å². The molecule has 0 spiro atoms. The lowest BCUT2D eigenvalue weighted by molar-refractivity contribution is -0.140. The van der Waals surface area contributed by atoms with Crippen LogP contribution in [0.15, 0.2) is 54.6 Å². The fourth-order valence-electron chi connectivity index (χ4n) is 3.29. The van der Waals surface area contributed by atoms with Crippen molar-refractivity contribution in [3.8, 4) is 5.75 Å². The average Bonchev–Trinajstić information content (AvgIpc) is 2.70. The number of aryl methyl sites for hydroxylation is 1. The van der Waals surface area contributed by atoms with E-state index < -0.39 is 6.10 Å². The molecule has 0 bridgehead atoms. The number of para-hydroxylation sites is 1. The summed E-state index contributed by atoms with van der Waals surface area (Å²) in [6, 6.07) is 17.0. The summed E-state index contributed by atoms with van der Waals surface area (Å²) in [5, 5.41) is 2.94. The van der Waals surface area contributed by atoms with E-state index in [4.69, 9.17) is 4.74 Å². The van der Waals surface area contributed by atoms with Crippen LogP contribution in [0.25, 0.3) is 0 Å². The molecule has 1 aliphatic heterocycles. The molecule has 3 rings (SSSR count). The molecule has 2 unspecified atom stereocenters. The first-order chi connectivity index (χ1) is 13.0. The van der Waals surface area contributed by atoms with Gasteiger partial charge in [0.25, 0.3) is 5.91 Å². The molecule has 2 amide bonds. The normalized spacial score (nSPS) is 17.9. The number of ether oxygens (including phenoxy) is 1. The van der Waals surface area contributed by atoms with Crippen molar-refractivity contribution < 1.29 is 14.3 Å². The molecule has 0 aliphatic carbocycles. The van der Waals surface area contributed by atoms with Crippen molar-refractivity contribution in [2.75, 3.05) is 18.4 Å². The predicted molar refractivity (Wildman–Crippen MR) is 106 cm³/mol. The average molecular weight is 366 g/mol. The summed E-state index contributed by atoms with van der Waals surface area (Å²) in [5.74, 6) is 0.366. The van der Waals surface area contributed by atoms with E-state index in [0.717, 1.165) is 24.1 Å². The number of amides is 2. The third-order valence-corrected chi connectivity index (χ3v) is 4.83. The van der Waals surface area contributed by atoms with Crippen molar-refractivity contribution in [3.05, 3.63) is 60.2 Å². The highest BCUT2D eigenvalue weighted by atomic mass is 16.5. The Morgan fingerprint density at radius 1 is 1.11 bits per heavy atom. The Hall–Kier alpha value is -2.82. The number of hydrogen-bond donors (Lipinski definition) is 1. The summed E-state index contributed by atoms with van der Waals surface area (Å²) < 4.78 is 5.78. The summed E-state index contributed by atoms with van der Waals surface area (Å²) in [4.78, 5) is 27.1. The molecule has 27 heavy (non-hydrogen) atoms. The Morgan fingerprint density at radius 3 is 2.52 bits per heavy atom. The zero-order valence-electron chi connectivity index (χ0n) is 15.9. The summed E-state index contributed by atoms with van der Waals surface area (Å²) in [7, 11) is 0. The minimum atomic E-state index is -0.580. The molecule has 1 N–H and O–H groups in total. The van der Waals surface area contributed by atoms with Gasteiger partial charge in [-0.05, 0) is 51.0 Å². The molecule has 2 aromatic carbocycles. The van der Waals surface area contributed by atoms with Crippen molar-refractivity contribution in [3.63, 3.8) is 0 Å². The van der Waals surface area contributed by atoms with E-state index in [2.05, 4.69) is 5.32 Å². The van der Waals surface area contributed by atoms with Crippen LogP contribution in [0, 0.1) is 12.8 Å². The molecule has 2 atom stereocenters. The van der Waals surface area contributed by atoms with Gasteiger partial charge in [-0.25, -0.2) is 0 Å². The maximum Gasteiger partial charge on any atom is 0.263 e. The van der Waals surface area contributed by atoms with Crippen LogP contribution >= 0.6 is 0 Å². The molecular weight excluding hydrogens is 340 g/mol. The molecule has 1 aliphatic rings. The van der Waals surface area contributed by atoms with Crippen molar-refractivity contribution >= 4 is 17.5 Å². The summed E-state index contributed by atoms with van der Waals surface area (Å²) in [6.07, 6.45) is 1.02. The number of carbonyl (C=O) groups is 2. The van der Waals surface area contributed by atoms with E-state index in [-0.39, 0.29) is 17.7 Å². The van der Waals surface area contributed by atoms with Gasteiger partial charge in [-0.3, -0.25) is 9.59 Å². The summed E-state index contributed by atoms with van der Waals surface area (Å²) >= 11 is 0. The molecule has 1 fully saturated rings. The van der Waals surface area contributed by atoms with E-state index in [0.29, 0.717) is 18.8 Å². The van der Waals surface area contributed by atoms with Crippen LogP contribution in [0.3, 0.4) is 0 Å². The van der Waals surface area contributed by atoms with Crippen LogP contribution in [0.5, 0.6) is 5.75 Å². The van der Waals surface area contributed by atoms with E-state index in [1.54, 1.807) is 11.8 Å². The minimum Gasteiger partial charge on any atom is -0.481 e. The van der Waals surface area contributed by atoms with Crippen LogP contribution in [-0.2, 0) is 9.59 Å². The Labute approximate surface area is 160 Å². The number of piperidine rings is 1. The number of carbonyl (C=O) groups excluding carboxylic acids is 2. The molecular formula is C22H26N2O3. The van der Waals surface area contributed by atoms with Gasteiger partial charge in [-0.2, -0.15) is 0 Å². The molecule has 1 saturated heterocycles. The molecule has 5 heteroatoms. The molecule has 142 valence electrons. The van der Waals surface area contributed by atoms with Crippen LogP contribution in [0.4, 0.5) is 5.69 Å². The lowest BCUT2D eigenvalue weighted by atomic mass is 9.96. The van der Waals surface area contributed by atoms with E-state index in [9.17, 15) is 9.59 Å². The number of hydrogen-bond acceptors (Lipinski definition) is 3. The third kappa shape index (κ3) is 5.09. The SMILES string of the molecule is Cc1ccc(OC(C)C(=O)N2CCCC(C(=O)Nc3ccccc3)C2)cc1. The van der Waals surface area contributed by atoms with Gasteiger partial charge < -0.3 is 15.0 Å². The van der Waals surface area contributed by atoms with Crippen LogP contribution in [-0.4, -0.2) is 35.9 Å². The maximum absolute atomic E-state index is 12.8. The molecule has 0 aromatic heterocycles. The Kier molecular flexibility index (Phi) is 6.12. The lowest BCUT2D eigenvalue weighted by Gasteiger charge is -2.33. The second kappa shape index (κ2) is 8.71. The van der Waals surface area contributed by atoms with E-state index in [1.807, 2.05) is 61.5 Å². The van der Waals surface area contributed by atoms with Crippen molar-refractivity contribution in [1.82, 2.24) is 4.90 Å². The smallest absolute Gasteiger partial charge is 0.263 e. The first-order valence-electron chi connectivity index (χ1n) is 9.41. The van der Waals surface area contributed by atoms with Gasteiger partial charge in [0.05, 0.1) is 5.92 Å². The number of nitrogens with zero attached hydrogens (tertiary/aromatic N) is 1. The number of likely N-dealkylation sites (tertiary alicyclic amines) is 1. The second-order valence-electron chi connectivity index (χ2n) is 7.05. The monoisotopic (exact) mass is 366 g/mol. The number of anilines is 1. The summed E-state index contributed by atoms with van der Waals surface area (Å²) in [5.41, 5.74) is 1.92. The van der Waals surface area contributed by atoms with Gasteiger partial charge in [-0.1, -0.05) is 35.9 Å². The fourth-order valence-corrected chi connectivity index (χ4v) is 3.29. The van der Waals surface area contributed by atoms with Crippen molar-refractivity contribution in [2.24, 2.45) is 5.92 Å². The van der Waals surface area contributed by atoms with Crippen molar-refractivity contribution in [2.45, 2.75) is 32.8 Å². The van der Waals surface area contributed by atoms with E-state index >= 15 is 0 Å². The van der Waals surface area contributed by atoms with Crippen LogP contribution in [0.1, 0.15) is 25.3 Å². The number of benzene rings is 2. The second-order valence-corrected chi connectivity index (χ2v) is 7.05. The Balaban J connectivity index is 1.57. The molecule has 2 aromatic rings. The van der Waals surface area contributed by atoms with Gasteiger partial charge in [0.15, 0.2) is 6.10 Å². The standard InChI is InChI=1S/C22H26N2O3/c1-16-10-12-20(13-11-16)27-17(2)22(26)24-14-6-7-18(15-24)21(25)23-19-8-4-3-5-9-19/h3-5,8-13,17-18H,6-7,14-15H2,1-2H3,(H,23,25). The quantitative estimate of drug-likeness (QED) is 0.879. The van der Waals surface area contributed by atoms with Gasteiger partial charge in [0, 0.05) is 18.8 Å². The Bertz CT molecular complexity index is 774. The number of rotatable bonds is 5. The van der Waals surface area contributed by atoms with Crippen LogP contribution < -0.4 is 10.1 Å². The van der Waals surface area contributed by atoms with E-state index in [1.165, 1.54) is 0 Å². The first-order valence-corrected chi connectivity index (χ1v) is 9.41. The molecule has 0 saturated carbocycles. The van der Waals surface area contributed by atoms with Gasteiger partial charge in [-0.15, -0.1) is 0 Å². The Morgan fingerprint density at radius 2 is 1.81 bits per heavy atom. The topological polar surface area (TPSA) is 58.6 Å². The molecule has 0 radical (unpaired) electrons. The van der Waals surface area contributed by atoms with Gasteiger partial charge in [0.1, 0.15) is 5.75 Å². The molecule has 1 heterocycles. The van der Waals surface area contributed by atoms with Crippen molar-refractivity contribution in [1.29, 1.82) is 0 Å². The van der Waals surface area contributed by atoms with Crippen LogP contribution in [0.2, 0.25) is 0 Å².